The molecule has 0 saturated heterocycles. The lowest BCUT2D eigenvalue weighted by Crippen LogP contribution is -2.11. The van der Waals surface area contributed by atoms with E-state index in [0.29, 0.717) is 23.5 Å². The predicted molar refractivity (Wildman–Crippen MR) is 55.8 cm³/mol. The summed E-state index contributed by atoms with van der Waals surface area (Å²) >= 11 is 1.26. The number of nitrogens with one attached hydrogen (secondary N) is 1. The first-order valence-electron chi connectivity index (χ1n) is 4.61. The van der Waals surface area contributed by atoms with Crippen molar-refractivity contribution in [3.63, 3.8) is 0 Å². The van der Waals surface area contributed by atoms with Crippen LogP contribution < -0.4 is 5.32 Å². The van der Waals surface area contributed by atoms with Crippen molar-refractivity contribution in [3.8, 4) is 0 Å². The zero-order valence-corrected chi connectivity index (χ0v) is 9.15. The van der Waals surface area contributed by atoms with E-state index in [2.05, 4.69) is 10.3 Å². The quantitative estimate of drug-likeness (QED) is 0.780. The Kier molecular flexibility index (Phi) is 4.03. The van der Waals surface area contributed by atoms with E-state index >= 15 is 0 Å². The Morgan fingerprint density at radius 1 is 1.57 bits per heavy atom. The Balaban J connectivity index is 2.83. The van der Waals surface area contributed by atoms with Crippen LogP contribution in [-0.2, 0) is 13.0 Å². The van der Waals surface area contributed by atoms with Gasteiger partial charge in [0.05, 0.1) is 5.69 Å². The lowest BCUT2D eigenvalue weighted by atomic mass is 10.3. The number of rotatable bonds is 5. The van der Waals surface area contributed by atoms with Crippen molar-refractivity contribution in [2.75, 3.05) is 6.54 Å². The first-order chi connectivity index (χ1) is 6.69. The molecule has 14 heavy (non-hydrogen) atoms. The van der Waals surface area contributed by atoms with Crippen LogP contribution in [0, 0.1) is 0 Å². The normalized spacial score (nSPS) is 10.4. The van der Waals surface area contributed by atoms with Gasteiger partial charge >= 0.3 is 5.97 Å². The standard InChI is InChI=1S/C9H14N2O2S/c1-3-6-8(9(12)13)14-7(11-6)5-10-4-2/h10H,3-5H2,1-2H3,(H,12,13). The minimum Gasteiger partial charge on any atom is -0.477 e. The fourth-order valence-electron chi connectivity index (χ4n) is 1.12. The smallest absolute Gasteiger partial charge is 0.347 e. The summed E-state index contributed by atoms with van der Waals surface area (Å²) < 4.78 is 0. The molecule has 0 unspecified atom stereocenters. The third-order valence-electron chi connectivity index (χ3n) is 1.80. The average Bonchev–Trinajstić information content (AvgIpc) is 2.57. The van der Waals surface area contributed by atoms with Crippen LogP contribution in [-0.4, -0.2) is 22.6 Å². The minimum atomic E-state index is -0.873. The van der Waals surface area contributed by atoms with Crippen LogP contribution in [0.1, 0.15) is 34.2 Å². The summed E-state index contributed by atoms with van der Waals surface area (Å²) in [5.41, 5.74) is 0.690. The van der Waals surface area contributed by atoms with Crippen LogP contribution in [0.5, 0.6) is 0 Å². The van der Waals surface area contributed by atoms with E-state index in [1.54, 1.807) is 0 Å². The van der Waals surface area contributed by atoms with E-state index in [1.807, 2.05) is 13.8 Å². The molecule has 0 aromatic carbocycles. The topological polar surface area (TPSA) is 62.2 Å². The fraction of sp³-hybridized carbons (Fsp3) is 0.556. The molecule has 0 aliphatic rings. The van der Waals surface area contributed by atoms with Crippen molar-refractivity contribution in [1.29, 1.82) is 0 Å². The number of carbonyl (C=O) groups is 1. The maximum Gasteiger partial charge on any atom is 0.347 e. The summed E-state index contributed by atoms with van der Waals surface area (Å²) in [5.74, 6) is -0.873. The van der Waals surface area contributed by atoms with Crippen LogP contribution in [0.2, 0.25) is 0 Å². The SMILES string of the molecule is CCNCc1nc(CC)c(C(=O)O)s1. The lowest BCUT2D eigenvalue weighted by Gasteiger charge is -1.94. The number of hydrogen-bond donors (Lipinski definition) is 2. The summed E-state index contributed by atoms with van der Waals surface area (Å²) in [7, 11) is 0. The maximum absolute atomic E-state index is 10.8. The highest BCUT2D eigenvalue weighted by molar-refractivity contribution is 7.13. The predicted octanol–water partition coefficient (Wildman–Crippen LogP) is 1.51. The van der Waals surface area contributed by atoms with E-state index in [4.69, 9.17) is 5.11 Å². The second kappa shape index (κ2) is 5.07. The van der Waals surface area contributed by atoms with Crippen molar-refractivity contribution in [2.24, 2.45) is 0 Å². The highest BCUT2D eigenvalue weighted by atomic mass is 32.1. The van der Waals surface area contributed by atoms with E-state index < -0.39 is 5.97 Å². The molecule has 1 heterocycles. The molecule has 0 atom stereocenters. The van der Waals surface area contributed by atoms with Gasteiger partial charge in [-0.3, -0.25) is 0 Å². The summed E-state index contributed by atoms with van der Waals surface area (Å²) in [4.78, 5) is 15.5. The molecule has 2 N–H and O–H groups in total. The van der Waals surface area contributed by atoms with E-state index in [1.165, 1.54) is 11.3 Å². The number of hydrogen-bond acceptors (Lipinski definition) is 4. The maximum atomic E-state index is 10.8. The van der Waals surface area contributed by atoms with E-state index in [-0.39, 0.29) is 0 Å². The van der Waals surface area contributed by atoms with Crippen molar-refractivity contribution in [2.45, 2.75) is 26.8 Å². The molecule has 0 radical (unpaired) electrons. The number of thiazole rings is 1. The molecule has 0 saturated carbocycles. The highest BCUT2D eigenvalue weighted by Gasteiger charge is 2.15. The highest BCUT2D eigenvalue weighted by Crippen LogP contribution is 2.19. The molecular formula is C9H14N2O2S. The number of carboxylic acid groups (broad SMARTS) is 1. The zero-order valence-electron chi connectivity index (χ0n) is 8.33. The Morgan fingerprint density at radius 2 is 2.29 bits per heavy atom. The summed E-state index contributed by atoms with van der Waals surface area (Å²) in [6.45, 7) is 5.44. The van der Waals surface area contributed by atoms with Gasteiger partial charge in [-0.25, -0.2) is 9.78 Å². The monoisotopic (exact) mass is 214 g/mol. The third kappa shape index (κ3) is 2.52. The molecule has 78 valence electrons. The van der Waals surface area contributed by atoms with Crippen LogP contribution in [0.3, 0.4) is 0 Å². The van der Waals surface area contributed by atoms with Gasteiger partial charge in [-0.05, 0) is 13.0 Å². The van der Waals surface area contributed by atoms with Gasteiger partial charge in [0.25, 0.3) is 0 Å². The Morgan fingerprint density at radius 3 is 2.71 bits per heavy atom. The lowest BCUT2D eigenvalue weighted by molar-refractivity contribution is 0.0701. The molecule has 0 aliphatic carbocycles. The van der Waals surface area contributed by atoms with Gasteiger partial charge in [-0.2, -0.15) is 0 Å². The molecule has 1 rings (SSSR count). The van der Waals surface area contributed by atoms with Crippen LogP contribution >= 0.6 is 11.3 Å². The van der Waals surface area contributed by atoms with Gasteiger partial charge in [-0.15, -0.1) is 11.3 Å². The van der Waals surface area contributed by atoms with Gasteiger partial charge in [0.2, 0.25) is 0 Å². The third-order valence-corrected chi connectivity index (χ3v) is 2.88. The zero-order chi connectivity index (χ0) is 10.6. The first kappa shape index (κ1) is 11.1. The second-order valence-corrected chi connectivity index (χ2v) is 3.91. The van der Waals surface area contributed by atoms with Crippen molar-refractivity contribution in [3.05, 3.63) is 15.6 Å². The molecule has 1 aromatic heterocycles. The molecule has 0 aliphatic heterocycles. The molecule has 1 aromatic rings. The molecule has 0 fully saturated rings. The van der Waals surface area contributed by atoms with Crippen molar-refractivity contribution >= 4 is 17.3 Å². The number of aryl methyl sites for hydroxylation is 1. The fourth-order valence-corrected chi connectivity index (χ4v) is 2.08. The van der Waals surface area contributed by atoms with Gasteiger partial charge in [0.1, 0.15) is 9.88 Å². The largest absolute Gasteiger partial charge is 0.477 e. The second-order valence-electron chi connectivity index (χ2n) is 2.82. The summed E-state index contributed by atoms with van der Waals surface area (Å²) in [5, 5.41) is 12.9. The summed E-state index contributed by atoms with van der Waals surface area (Å²) in [6, 6.07) is 0. The molecule has 0 amide bonds. The molecular weight excluding hydrogens is 200 g/mol. The Hall–Kier alpha value is -0.940. The minimum absolute atomic E-state index is 0.375. The van der Waals surface area contributed by atoms with Gasteiger partial charge < -0.3 is 10.4 Å². The molecule has 5 heteroatoms. The number of aromatic nitrogens is 1. The summed E-state index contributed by atoms with van der Waals surface area (Å²) in [6.07, 6.45) is 0.671. The van der Waals surface area contributed by atoms with E-state index in [9.17, 15) is 4.79 Å². The van der Waals surface area contributed by atoms with Crippen LogP contribution in [0.15, 0.2) is 0 Å². The van der Waals surface area contributed by atoms with Gasteiger partial charge in [0.15, 0.2) is 0 Å². The first-order valence-corrected chi connectivity index (χ1v) is 5.43. The number of carboxylic acids is 1. The molecule has 0 bridgehead atoms. The number of aromatic carboxylic acids is 1. The van der Waals surface area contributed by atoms with Gasteiger partial charge in [-0.1, -0.05) is 13.8 Å². The average molecular weight is 214 g/mol. The van der Waals surface area contributed by atoms with Crippen molar-refractivity contribution in [1.82, 2.24) is 10.3 Å². The molecule has 4 nitrogen and oxygen atoms in total. The Labute approximate surface area is 87.0 Å². The van der Waals surface area contributed by atoms with Crippen LogP contribution in [0.25, 0.3) is 0 Å². The van der Waals surface area contributed by atoms with Gasteiger partial charge in [0, 0.05) is 6.54 Å². The number of nitrogens with zero attached hydrogens (tertiary/aromatic N) is 1. The Bertz CT molecular complexity index is 323. The van der Waals surface area contributed by atoms with E-state index in [0.717, 1.165) is 11.6 Å². The molecule has 0 spiro atoms. The van der Waals surface area contributed by atoms with Crippen LogP contribution in [0.4, 0.5) is 0 Å². The van der Waals surface area contributed by atoms with Crippen molar-refractivity contribution < 1.29 is 9.90 Å².